The third-order valence-electron chi connectivity index (χ3n) is 4.13. The van der Waals surface area contributed by atoms with Crippen LogP contribution in [0.15, 0.2) is 29.7 Å². The van der Waals surface area contributed by atoms with E-state index in [1.54, 1.807) is 0 Å². The minimum atomic E-state index is 0.821. The molecule has 1 aliphatic rings. The van der Waals surface area contributed by atoms with Crippen LogP contribution in [0.2, 0.25) is 5.02 Å². The Kier molecular flexibility index (Phi) is 7.15. The van der Waals surface area contributed by atoms with Crippen LogP contribution in [0, 0.1) is 5.92 Å². The molecule has 1 heterocycles. The first-order chi connectivity index (χ1) is 10.2. The Hall–Kier alpha value is -0.440. The number of allylic oxidation sites excluding steroid dienone is 1. The Bertz CT molecular complexity index is 466. The van der Waals surface area contributed by atoms with Crippen LogP contribution in [0.4, 0.5) is 0 Å². The van der Waals surface area contributed by atoms with Gasteiger partial charge >= 0.3 is 0 Å². The highest BCUT2D eigenvalue weighted by Gasteiger charge is 2.12. The van der Waals surface area contributed by atoms with Crippen LogP contribution >= 0.6 is 23.4 Å². The van der Waals surface area contributed by atoms with Crippen LogP contribution in [-0.2, 0) is 0 Å². The Morgan fingerprint density at radius 3 is 2.76 bits per heavy atom. The Labute approximate surface area is 138 Å². The van der Waals surface area contributed by atoms with Gasteiger partial charge < -0.3 is 5.32 Å². The lowest BCUT2D eigenvalue weighted by atomic mass is 9.93. The van der Waals surface area contributed by atoms with E-state index in [0.717, 1.165) is 22.1 Å². The molecule has 0 unspecified atom stereocenters. The van der Waals surface area contributed by atoms with Gasteiger partial charge in [0, 0.05) is 9.92 Å². The number of thioether (sulfide) groups is 1. The van der Waals surface area contributed by atoms with E-state index in [-0.39, 0.29) is 0 Å². The fourth-order valence-electron chi connectivity index (χ4n) is 2.83. The first kappa shape index (κ1) is 16.9. The SMILES string of the molecule is C=C(C)c1ccc(SCCCCC2CCNCC2)cc1Cl. The van der Waals surface area contributed by atoms with Gasteiger partial charge in [0.2, 0.25) is 0 Å². The second-order valence-corrected chi connectivity index (χ2v) is 7.54. The molecule has 116 valence electrons. The number of nitrogens with one attached hydrogen (secondary N) is 1. The smallest absolute Gasteiger partial charge is 0.0491 e. The van der Waals surface area contributed by atoms with Crippen molar-refractivity contribution in [3.05, 3.63) is 35.4 Å². The zero-order valence-corrected chi connectivity index (χ0v) is 14.5. The van der Waals surface area contributed by atoms with Crippen molar-refractivity contribution in [2.24, 2.45) is 5.92 Å². The van der Waals surface area contributed by atoms with E-state index in [1.165, 1.54) is 55.8 Å². The van der Waals surface area contributed by atoms with Gasteiger partial charge in [-0.25, -0.2) is 0 Å². The molecule has 2 rings (SSSR count). The van der Waals surface area contributed by atoms with Crippen LogP contribution in [0.25, 0.3) is 5.57 Å². The van der Waals surface area contributed by atoms with Gasteiger partial charge in [-0.2, -0.15) is 0 Å². The molecule has 0 atom stereocenters. The molecule has 0 aromatic heterocycles. The van der Waals surface area contributed by atoms with Crippen molar-refractivity contribution < 1.29 is 0 Å². The summed E-state index contributed by atoms with van der Waals surface area (Å²) < 4.78 is 0. The highest BCUT2D eigenvalue weighted by molar-refractivity contribution is 7.99. The summed E-state index contributed by atoms with van der Waals surface area (Å²) in [4.78, 5) is 1.27. The standard InChI is InChI=1S/C18H26ClNS/c1-14(2)17-7-6-16(13-18(17)19)21-12-4-3-5-15-8-10-20-11-9-15/h6-7,13,15,20H,1,3-5,8-12H2,2H3. The molecule has 1 aliphatic heterocycles. The molecule has 3 heteroatoms. The van der Waals surface area contributed by atoms with Crippen molar-refractivity contribution in [1.82, 2.24) is 5.32 Å². The quantitative estimate of drug-likeness (QED) is 0.515. The van der Waals surface area contributed by atoms with E-state index in [4.69, 9.17) is 11.6 Å². The lowest BCUT2D eigenvalue weighted by molar-refractivity contribution is 0.346. The van der Waals surface area contributed by atoms with Gasteiger partial charge in [-0.15, -0.1) is 11.8 Å². The molecule has 21 heavy (non-hydrogen) atoms. The molecule has 0 aliphatic carbocycles. The van der Waals surface area contributed by atoms with Gasteiger partial charge in [-0.1, -0.05) is 37.1 Å². The summed E-state index contributed by atoms with van der Waals surface area (Å²) in [6.07, 6.45) is 6.79. The Balaban J connectivity index is 1.66. The lowest BCUT2D eigenvalue weighted by Crippen LogP contribution is -2.27. The van der Waals surface area contributed by atoms with Gasteiger partial charge in [0.1, 0.15) is 0 Å². The number of unbranched alkanes of at least 4 members (excludes halogenated alkanes) is 1. The Morgan fingerprint density at radius 2 is 2.10 bits per heavy atom. The lowest BCUT2D eigenvalue weighted by Gasteiger charge is -2.22. The van der Waals surface area contributed by atoms with Crippen LogP contribution < -0.4 is 5.32 Å². The van der Waals surface area contributed by atoms with Crippen LogP contribution in [0.3, 0.4) is 0 Å². The van der Waals surface area contributed by atoms with E-state index >= 15 is 0 Å². The van der Waals surface area contributed by atoms with Crippen molar-refractivity contribution in [3.63, 3.8) is 0 Å². The molecule has 0 spiro atoms. The van der Waals surface area contributed by atoms with E-state index in [9.17, 15) is 0 Å². The maximum absolute atomic E-state index is 6.29. The normalized spacial score (nSPS) is 16.1. The molecule has 0 bridgehead atoms. The molecule has 1 nitrogen and oxygen atoms in total. The molecule has 1 saturated heterocycles. The summed E-state index contributed by atoms with van der Waals surface area (Å²) in [5.41, 5.74) is 2.09. The summed E-state index contributed by atoms with van der Waals surface area (Å²) in [5.74, 6) is 2.15. The maximum atomic E-state index is 6.29. The van der Waals surface area contributed by atoms with Crippen molar-refractivity contribution in [1.29, 1.82) is 0 Å². The summed E-state index contributed by atoms with van der Waals surface area (Å²) in [5, 5.41) is 4.25. The third kappa shape index (κ3) is 5.69. The van der Waals surface area contributed by atoms with Gasteiger partial charge in [-0.05, 0) is 74.2 Å². The van der Waals surface area contributed by atoms with Crippen molar-refractivity contribution in [2.75, 3.05) is 18.8 Å². The second-order valence-electron chi connectivity index (χ2n) is 5.96. The van der Waals surface area contributed by atoms with E-state index < -0.39 is 0 Å². The van der Waals surface area contributed by atoms with Crippen molar-refractivity contribution in [2.45, 2.75) is 43.9 Å². The summed E-state index contributed by atoms with van der Waals surface area (Å²) in [6, 6.07) is 6.32. The summed E-state index contributed by atoms with van der Waals surface area (Å²) in [6.45, 7) is 8.38. The van der Waals surface area contributed by atoms with Gasteiger partial charge in [0.05, 0.1) is 0 Å². The predicted octanol–water partition coefficient (Wildman–Crippen LogP) is 5.64. The maximum Gasteiger partial charge on any atom is 0.0491 e. The summed E-state index contributed by atoms with van der Waals surface area (Å²) in [7, 11) is 0. The highest BCUT2D eigenvalue weighted by atomic mass is 35.5. The van der Waals surface area contributed by atoms with Gasteiger partial charge in [0.15, 0.2) is 0 Å². The Morgan fingerprint density at radius 1 is 1.33 bits per heavy atom. The number of halogens is 1. The topological polar surface area (TPSA) is 12.0 Å². The molecule has 0 amide bonds. The number of hydrogen-bond donors (Lipinski definition) is 1. The minimum absolute atomic E-state index is 0.821. The molecular formula is C18H26ClNS. The largest absolute Gasteiger partial charge is 0.317 e. The average molecular weight is 324 g/mol. The number of hydrogen-bond acceptors (Lipinski definition) is 2. The van der Waals surface area contributed by atoms with E-state index in [0.29, 0.717) is 0 Å². The fourth-order valence-corrected chi connectivity index (χ4v) is 4.18. The van der Waals surface area contributed by atoms with Crippen LogP contribution in [-0.4, -0.2) is 18.8 Å². The van der Waals surface area contributed by atoms with Gasteiger partial charge in [0.25, 0.3) is 0 Å². The predicted molar refractivity (Wildman–Crippen MR) is 96.3 cm³/mol. The van der Waals surface area contributed by atoms with Crippen LogP contribution in [0.5, 0.6) is 0 Å². The molecule has 0 radical (unpaired) electrons. The summed E-state index contributed by atoms with van der Waals surface area (Å²) >= 11 is 8.20. The van der Waals surface area contributed by atoms with Crippen LogP contribution in [0.1, 0.15) is 44.6 Å². The van der Waals surface area contributed by atoms with E-state index in [1.807, 2.05) is 18.7 Å². The molecule has 1 aromatic carbocycles. The minimum Gasteiger partial charge on any atom is -0.317 e. The van der Waals surface area contributed by atoms with E-state index in [2.05, 4.69) is 30.1 Å². The average Bonchev–Trinajstić information content (AvgIpc) is 2.47. The second kappa shape index (κ2) is 8.87. The first-order valence-electron chi connectivity index (χ1n) is 7.96. The first-order valence-corrected chi connectivity index (χ1v) is 9.32. The molecular weight excluding hydrogens is 298 g/mol. The van der Waals surface area contributed by atoms with Gasteiger partial charge in [-0.3, -0.25) is 0 Å². The highest BCUT2D eigenvalue weighted by Crippen LogP contribution is 2.29. The monoisotopic (exact) mass is 323 g/mol. The molecule has 1 fully saturated rings. The molecule has 1 aromatic rings. The number of piperidine rings is 1. The van der Waals surface area contributed by atoms with Crippen molar-refractivity contribution >= 4 is 28.9 Å². The molecule has 0 saturated carbocycles. The zero-order valence-electron chi connectivity index (χ0n) is 13.0. The molecule has 1 N–H and O–H groups in total. The zero-order chi connectivity index (χ0) is 15.1. The number of rotatable bonds is 7. The third-order valence-corrected chi connectivity index (χ3v) is 5.53. The fraction of sp³-hybridized carbons (Fsp3) is 0.556. The van der Waals surface area contributed by atoms with Crippen molar-refractivity contribution in [3.8, 4) is 0 Å². The number of benzene rings is 1.